The van der Waals surface area contributed by atoms with Crippen molar-refractivity contribution in [1.29, 1.82) is 0 Å². The largest absolute Gasteiger partial charge is 0.279 e. The second-order valence-corrected chi connectivity index (χ2v) is 5.10. The Kier molecular flexibility index (Phi) is 3.33. The van der Waals surface area contributed by atoms with E-state index in [4.69, 9.17) is 11.6 Å². The van der Waals surface area contributed by atoms with Gasteiger partial charge in [0.1, 0.15) is 5.82 Å². The zero-order valence-corrected chi connectivity index (χ0v) is 12.1. The Labute approximate surface area is 124 Å². The molecule has 0 amide bonds. The minimum absolute atomic E-state index is 0.116. The molecule has 3 rings (SSSR count). The molecular weight excluding hydrogens is 298 g/mol. The molecule has 0 aliphatic rings. The smallest absolute Gasteiger partial charge is 0.198 e. The highest BCUT2D eigenvalue weighted by molar-refractivity contribution is 6.32. The first-order valence-corrected chi connectivity index (χ1v) is 6.66. The van der Waals surface area contributed by atoms with Gasteiger partial charge in [-0.3, -0.25) is 4.40 Å². The van der Waals surface area contributed by atoms with Crippen LogP contribution < -0.4 is 0 Å². The Hall–Kier alpha value is -2.08. The lowest BCUT2D eigenvalue weighted by Gasteiger charge is -2.08. The van der Waals surface area contributed by atoms with Gasteiger partial charge in [0.2, 0.25) is 0 Å². The summed E-state index contributed by atoms with van der Waals surface area (Å²) >= 11 is 6.04. The van der Waals surface area contributed by atoms with Gasteiger partial charge >= 0.3 is 0 Å². The molecule has 7 heteroatoms. The van der Waals surface area contributed by atoms with Crippen molar-refractivity contribution in [3.05, 3.63) is 57.8 Å². The average Bonchev–Trinajstić information content (AvgIpc) is 2.86. The molecule has 0 saturated heterocycles. The van der Waals surface area contributed by atoms with Gasteiger partial charge in [0, 0.05) is 12.1 Å². The van der Waals surface area contributed by atoms with E-state index in [1.165, 1.54) is 12.1 Å². The molecule has 0 saturated carbocycles. The maximum Gasteiger partial charge on any atom is 0.198 e. The zero-order chi connectivity index (χ0) is 15.1. The predicted octanol–water partition coefficient (Wildman–Crippen LogP) is 3.26. The van der Waals surface area contributed by atoms with E-state index >= 15 is 0 Å². The van der Waals surface area contributed by atoms with Crippen molar-refractivity contribution in [1.82, 2.24) is 19.6 Å². The quantitative estimate of drug-likeness (QED) is 0.730. The number of aromatic nitrogens is 4. The second-order valence-electron chi connectivity index (χ2n) is 4.74. The third kappa shape index (κ3) is 2.25. The molecular formula is C14H11ClF2N4. The van der Waals surface area contributed by atoms with E-state index in [2.05, 4.69) is 15.2 Å². The summed E-state index contributed by atoms with van der Waals surface area (Å²) in [6.45, 7) is 3.66. The second kappa shape index (κ2) is 5.04. The van der Waals surface area contributed by atoms with E-state index in [-0.39, 0.29) is 17.1 Å². The van der Waals surface area contributed by atoms with Crippen molar-refractivity contribution >= 4 is 17.2 Å². The van der Waals surface area contributed by atoms with E-state index in [1.54, 1.807) is 4.40 Å². The summed E-state index contributed by atoms with van der Waals surface area (Å²) in [6, 6.07) is 4.06. The lowest BCUT2D eigenvalue weighted by Crippen LogP contribution is -2.05. The molecule has 0 aliphatic heterocycles. The van der Waals surface area contributed by atoms with Crippen LogP contribution >= 0.6 is 11.6 Å². The maximum absolute atomic E-state index is 13.8. The zero-order valence-electron chi connectivity index (χ0n) is 11.4. The third-order valence-electron chi connectivity index (χ3n) is 3.42. The summed E-state index contributed by atoms with van der Waals surface area (Å²) in [5.74, 6) is -1.27. The van der Waals surface area contributed by atoms with Gasteiger partial charge in [-0.05, 0) is 25.5 Å². The average molecular weight is 309 g/mol. The Morgan fingerprint density at radius 2 is 1.95 bits per heavy atom. The molecule has 108 valence electrons. The number of hydrogen-bond donors (Lipinski definition) is 0. The molecule has 0 bridgehead atoms. The normalized spacial score (nSPS) is 11.3. The molecule has 21 heavy (non-hydrogen) atoms. The number of nitrogens with zero attached hydrogens (tertiary/aromatic N) is 4. The highest BCUT2D eigenvalue weighted by Gasteiger charge is 2.16. The molecule has 0 unspecified atom stereocenters. The minimum Gasteiger partial charge on any atom is -0.279 e. The lowest BCUT2D eigenvalue weighted by atomic mass is 10.1. The van der Waals surface area contributed by atoms with E-state index in [9.17, 15) is 8.78 Å². The van der Waals surface area contributed by atoms with Crippen LogP contribution in [0.3, 0.4) is 0 Å². The maximum atomic E-state index is 13.8. The van der Waals surface area contributed by atoms with Gasteiger partial charge in [-0.1, -0.05) is 23.7 Å². The Bertz CT molecular complexity index is 845. The summed E-state index contributed by atoms with van der Waals surface area (Å²) in [4.78, 5) is 4.16. The van der Waals surface area contributed by atoms with Crippen LogP contribution in [0.4, 0.5) is 8.78 Å². The molecule has 0 atom stereocenters. The Morgan fingerprint density at radius 1 is 1.19 bits per heavy atom. The van der Waals surface area contributed by atoms with E-state index in [1.807, 2.05) is 13.8 Å². The SMILES string of the molecule is Cc1nc(Cl)c2nnc(Cc3cccc(F)c3F)n2c1C. The van der Waals surface area contributed by atoms with Gasteiger partial charge in [0.25, 0.3) is 0 Å². The van der Waals surface area contributed by atoms with Crippen LogP contribution in [0, 0.1) is 25.5 Å². The fourth-order valence-electron chi connectivity index (χ4n) is 2.21. The van der Waals surface area contributed by atoms with Crippen molar-refractivity contribution in [2.75, 3.05) is 0 Å². The number of hydrogen-bond acceptors (Lipinski definition) is 3. The molecule has 4 nitrogen and oxygen atoms in total. The van der Waals surface area contributed by atoms with Gasteiger partial charge in [-0.15, -0.1) is 10.2 Å². The molecule has 0 aliphatic carbocycles. The molecule has 0 radical (unpaired) electrons. The van der Waals surface area contributed by atoms with Crippen LogP contribution in [0.2, 0.25) is 5.15 Å². The Balaban J connectivity index is 2.16. The molecule has 1 aromatic carbocycles. The van der Waals surface area contributed by atoms with Crippen molar-refractivity contribution in [3.8, 4) is 0 Å². The summed E-state index contributed by atoms with van der Waals surface area (Å²) in [6.07, 6.45) is 0.116. The monoisotopic (exact) mass is 308 g/mol. The molecule has 0 spiro atoms. The molecule has 0 fully saturated rings. The van der Waals surface area contributed by atoms with Gasteiger partial charge < -0.3 is 0 Å². The highest BCUT2D eigenvalue weighted by Crippen LogP contribution is 2.21. The molecule has 0 N–H and O–H groups in total. The van der Waals surface area contributed by atoms with E-state index < -0.39 is 11.6 Å². The summed E-state index contributed by atoms with van der Waals surface area (Å²) in [5.41, 5.74) is 2.17. The summed E-state index contributed by atoms with van der Waals surface area (Å²) in [7, 11) is 0. The van der Waals surface area contributed by atoms with Crippen molar-refractivity contribution in [2.45, 2.75) is 20.3 Å². The van der Waals surface area contributed by atoms with Crippen molar-refractivity contribution < 1.29 is 8.78 Å². The Morgan fingerprint density at radius 3 is 2.71 bits per heavy atom. The molecule has 2 heterocycles. The van der Waals surface area contributed by atoms with Crippen molar-refractivity contribution in [2.24, 2.45) is 0 Å². The van der Waals surface area contributed by atoms with E-state index in [0.717, 1.165) is 17.5 Å². The standard InChI is InChI=1S/C14H11ClF2N4/c1-7-8(2)21-11(19-20-14(21)13(15)18-7)6-9-4-3-5-10(16)12(9)17/h3-5H,6H2,1-2H3. The number of fused-ring (bicyclic) bond motifs is 1. The summed E-state index contributed by atoms with van der Waals surface area (Å²) < 4.78 is 28.8. The van der Waals surface area contributed by atoms with E-state index in [0.29, 0.717) is 11.5 Å². The number of halogens is 3. The van der Waals surface area contributed by atoms with Gasteiger partial charge in [-0.2, -0.15) is 0 Å². The first-order chi connectivity index (χ1) is 9.99. The summed E-state index contributed by atoms with van der Waals surface area (Å²) in [5, 5.41) is 8.23. The fraction of sp³-hybridized carbons (Fsp3) is 0.214. The van der Waals surface area contributed by atoms with Crippen LogP contribution in [-0.2, 0) is 6.42 Å². The van der Waals surface area contributed by atoms with Crippen LogP contribution in [-0.4, -0.2) is 19.6 Å². The topological polar surface area (TPSA) is 43.1 Å². The van der Waals surface area contributed by atoms with Crippen LogP contribution in [0.1, 0.15) is 22.8 Å². The van der Waals surface area contributed by atoms with Gasteiger partial charge in [-0.25, -0.2) is 13.8 Å². The predicted molar refractivity (Wildman–Crippen MR) is 74.4 cm³/mol. The first kappa shape index (κ1) is 13.9. The lowest BCUT2D eigenvalue weighted by molar-refractivity contribution is 0.500. The highest BCUT2D eigenvalue weighted by atomic mass is 35.5. The number of aryl methyl sites for hydroxylation is 2. The van der Waals surface area contributed by atoms with Crippen LogP contribution in [0.25, 0.3) is 5.65 Å². The molecule has 2 aromatic heterocycles. The van der Waals surface area contributed by atoms with Gasteiger partial charge in [0.15, 0.2) is 22.4 Å². The third-order valence-corrected chi connectivity index (χ3v) is 3.67. The number of rotatable bonds is 2. The fourth-order valence-corrected chi connectivity index (χ4v) is 2.46. The number of benzene rings is 1. The van der Waals surface area contributed by atoms with Crippen molar-refractivity contribution in [3.63, 3.8) is 0 Å². The first-order valence-electron chi connectivity index (χ1n) is 6.28. The van der Waals surface area contributed by atoms with Crippen LogP contribution in [0.5, 0.6) is 0 Å². The minimum atomic E-state index is -0.881. The van der Waals surface area contributed by atoms with Gasteiger partial charge in [0.05, 0.1) is 5.69 Å². The molecule has 3 aromatic rings. The van der Waals surface area contributed by atoms with Crippen LogP contribution in [0.15, 0.2) is 18.2 Å².